The first-order valence-electron chi connectivity index (χ1n) is 8.92. The number of hydrogen-bond acceptors (Lipinski definition) is 3. The van der Waals surface area contributed by atoms with Crippen LogP contribution in [0, 0.1) is 13.8 Å². The van der Waals surface area contributed by atoms with Crippen LogP contribution in [0.15, 0.2) is 66.2 Å². The Morgan fingerprint density at radius 1 is 0.893 bits per heavy atom. The fourth-order valence-corrected chi connectivity index (χ4v) is 3.37. The molecule has 0 atom stereocenters. The van der Waals surface area contributed by atoms with E-state index < -0.39 is 17.8 Å². The molecular weight excluding hydrogens is 352 g/mol. The maximum absolute atomic E-state index is 13.1. The number of amides is 4. The lowest BCUT2D eigenvalue weighted by molar-refractivity contribution is -0.122. The summed E-state index contributed by atoms with van der Waals surface area (Å²) >= 11 is 0. The second-order valence-electron chi connectivity index (χ2n) is 6.82. The number of urea groups is 1. The van der Waals surface area contributed by atoms with E-state index in [4.69, 9.17) is 0 Å². The highest BCUT2D eigenvalue weighted by Gasteiger charge is 2.37. The Balaban J connectivity index is 1.84. The highest BCUT2D eigenvalue weighted by Crippen LogP contribution is 2.27. The van der Waals surface area contributed by atoms with Gasteiger partial charge in [0.25, 0.3) is 11.8 Å². The van der Waals surface area contributed by atoms with Crippen LogP contribution in [-0.4, -0.2) is 17.8 Å². The van der Waals surface area contributed by atoms with Gasteiger partial charge in [0.15, 0.2) is 0 Å². The Hall–Kier alpha value is -3.73. The molecule has 0 unspecified atom stereocenters. The summed E-state index contributed by atoms with van der Waals surface area (Å²) in [7, 11) is 0. The highest BCUT2D eigenvalue weighted by molar-refractivity contribution is 6.39. The van der Waals surface area contributed by atoms with E-state index in [0.717, 1.165) is 32.4 Å². The summed E-state index contributed by atoms with van der Waals surface area (Å²) < 4.78 is 0. The molecule has 3 aromatic rings. The second kappa shape index (κ2) is 6.78. The SMILES string of the molecule is Cc1ccc(C)c(N2C(=O)NC(=O)/C(=C\c3cccc4ccccc34)C2=O)c1. The van der Waals surface area contributed by atoms with Crippen molar-refractivity contribution in [3.05, 3.63) is 82.9 Å². The third-order valence-electron chi connectivity index (χ3n) is 4.83. The Morgan fingerprint density at radius 3 is 2.46 bits per heavy atom. The van der Waals surface area contributed by atoms with Gasteiger partial charge in [-0.15, -0.1) is 0 Å². The molecular formula is C23H18N2O3. The first kappa shape index (κ1) is 17.7. The summed E-state index contributed by atoms with van der Waals surface area (Å²) in [6.45, 7) is 3.70. The average molecular weight is 370 g/mol. The standard InChI is InChI=1S/C23H18N2O3/c1-14-10-11-15(2)20(12-14)25-22(27)19(21(26)24-23(25)28)13-17-8-5-7-16-6-3-4-9-18(16)17/h3-13H,1-2H3,(H,24,26,28)/b19-13+. The van der Waals surface area contributed by atoms with E-state index in [1.165, 1.54) is 0 Å². The number of anilines is 1. The van der Waals surface area contributed by atoms with E-state index in [-0.39, 0.29) is 5.57 Å². The molecule has 1 fully saturated rings. The first-order chi connectivity index (χ1) is 13.5. The summed E-state index contributed by atoms with van der Waals surface area (Å²) in [4.78, 5) is 39.0. The molecule has 0 bridgehead atoms. The molecule has 28 heavy (non-hydrogen) atoms. The zero-order valence-corrected chi connectivity index (χ0v) is 15.5. The van der Waals surface area contributed by atoms with Crippen molar-refractivity contribution < 1.29 is 14.4 Å². The number of rotatable bonds is 2. The minimum atomic E-state index is -0.737. The normalized spacial score (nSPS) is 16.0. The van der Waals surface area contributed by atoms with Crippen molar-refractivity contribution in [2.24, 2.45) is 0 Å². The van der Waals surface area contributed by atoms with Gasteiger partial charge >= 0.3 is 6.03 Å². The first-order valence-corrected chi connectivity index (χ1v) is 8.92. The minimum absolute atomic E-state index is 0.0724. The number of nitrogens with one attached hydrogen (secondary N) is 1. The molecule has 0 radical (unpaired) electrons. The molecule has 0 aliphatic carbocycles. The molecule has 0 saturated carbocycles. The number of imide groups is 2. The molecule has 0 aromatic heterocycles. The van der Waals surface area contributed by atoms with E-state index >= 15 is 0 Å². The van der Waals surface area contributed by atoms with Crippen LogP contribution in [0.4, 0.5) is 10.5 Å². The molecule has 1 heterocycles. The van der Waals surface area contributed by atoms with E-state index in [1.54, 1.807) is 12.1 Å². The smallest absolute Gasteiger partial charge is 0.273 e. The van der Waals surface area contributed by atoms with Crippen molar-refractivity contribution in [3.63, 3.8) is 0 Å². The van der Waals surface area contributed by atoms with Gasteiger partial charge in [-0.25, -0.2) is 9.69 Å². The monoisotopic (exact) mass is 370 g/mol. The van der Waals surface area contributed by atoms with Crippen LogP contribution in [0.1, 0.15) is 16.7 Å². The van der Waals surface area contributed by atoms with Crippen molar-refractivity contribution in [1.29, 1.82) is 0 Å². The quantitative estimate of drug-likeness (QED) is 0.545. The molecule has 3 aromatic carbocycles. The molecule has 5 nitrogen and oxygen atoms in total. The molecule has 1 aliphatic rings. The minimum Gasteiger partial charge on any atom is -0.273 e. The van der Waals surface area contributed by atoms with Gasteiger partial charge in [0, 0.05) is 0 Å². The van der Waals surface area contributed by atoms with Gasteiger partial charge in [0.2, 0.25) is 0 Å². The van der Waals surface area contributed by atoms with E-state index in [1.807, 2.05) is 68.4 Å². The van der Waals surface area contributed by atoms with Gasteiger partial charge in [0.1, 0.15) is 5.57 Å². The maximum Gasteiger partial charge on any atom is 0.335 e. The summed E-state index contributed by atoms with van der Waals surface area (Å²) in [5.74, 6) is -1.32. The Morgan fingerprint density at radius 2 is 1.64 bits per heavy atom. The number of hydrogen-bond donors (Lipinski definition) is 1. The molecule has 1 N–H and O–H groups in total. The highest BCUT2D eigenvalue weighted by atomic mass is 16.2. The van der Waals surface area contributed by atoms with Crippen LogP contribution >= 0.6 is 0 Å². The molecule has 0 spiro atoms. The lowest BCUT2D eigenvalue weighted by atomic mass is 10.0. The topological polar surface area (TPSA) is 66.5 Å². The van der Waals surface area contributed by atoms with Crippen molar-refractivity contribution in [3.8, 4) is 0 Å². The Bertz CT molecular complexity index is 1170. The van der Waals surface area contributed by atoms with Crippen LogP contribution in [0.25, 0.3) is 16.8 Å². The summed E-state index contributed by atoms with van der Waals surface area (Å²) in [5.41, 5.74) is 2.83. The number of fused-ring (bicyclic) bond motifs is 1. The fourth-order valence-electron chi connectivity index (χ4n) is 3.37. The number of aryl methyl sites for hydroxylation is 2. The van der Waals surface area contributed by atoms with Gasteiger partial charge in [-0.1, -0.05) is 54.6 Å². The third kappa shape index (κ3) is 2.97. The largest absolute Gasteiger partial charge is 0.335 e. The van der Waals surface area contributed by atoms with Gasteiger partial charge in [-0.05, 0) is 53.5 Å². The number of carbonyl (C=O) groups is 3. The second-order valence-corrected chi connectivity index (χ2v) is 6.82. The van der Waals surface area contributed by atoms with Crippen LogP contribution in [-0.2, 0) is 9.59 Å². The molecule has 138 valence electrons. The van der Waals surface area contributed by atoms with E-state index in [2.05, 4.69) is 5.32 Å². The fraction of sp³-hybridized carbons (Fsp3) is 0.0870. The predicted molar refractivity (Wildman–Crippen MR) is 109 cm³/mol. The predicted octanol–water partition coefficient (Wildman–Crippen LogP) is 4.12. The lowest BCUT2D eigenvalue weighted by Gasteiger charge is -2.27. The zero-order valence-electron chi connectivity index (χ0n) is 15.5. The third-order valence-corrected chi connectivity index (χ3v) is 4.83. The molecule has 5 heteroatoms. The Labute approximate surface area is 162 Å². The summed E-state index contributed by atoms with van der Waals surface area (Å²) in [6, 6.07) is 18.2. The summed E-state index contributed by atoms with van der Waals surface area (Å²) in [5, 5.41) is 4.21. The molecule has 1 saturated heterocycles. The van der Waals surface area contributed by atoms with Crippen molar-refractivity contribution in [2.45, 2.75) is 13.8 Å². The summed E-state index contributed by atoms with van der Waals surface area (Å²) in [6.07, 6.45) is 1.55. The Kier molecular flexibility index (Phi) is 4.28. The van der Waals surface area contributed by atoms with Gasteiger partial charge < -0.3 is 0 Å². The van der Waals surface area contributed by atoms with Gasteiger partial charge in [-0.2, -0.15) is 0 Å². The van der Waals surface area contributed by atoms with Crippen LogP contribution in [0.3, 0.4) is 0 Å². The van der Waals surface area contributed by atoms with Crippen LogP contribution in [0.2, 0.25) is 0 Å². The van der Waals surface area contributed by atoms with Gasteiger partial charge in [-0.3, -0.25) is 14.9 Å². The van der Waals surface area contributed by atoms with Crippen LogP contribution < -0.4 is 10.2 Å². The zero-order chi connectivity index (χ0) is 19.8. The van der Waals surface area contributed by atoms with Crippen LogP contribution in [0.5, 0.6) is 0 Å². The number of carbonyl (C=O) groups excluding carboxylic acids is 3. The average Bonchev–Trinajstić information content (AvgIpc) is 2.68. The van der Waals surface area contributed by atoms with Gasteiger partial charge in [0.05, 0.1) is 5.69 Å². The van der Waals surface area contributed by atoms with E-state index in [0.29, 0.717) is 5.69 Å². The molecule has 4 amide bonds. The van der Waals surface area contributed by atoms with E-state index in [9.17, 15) is 14.4 Å². The van der Waals surface area contributed by atoms with Crippen molar-refractivity contribution >= 4 is 40.4 Å². The van der Waals surface area contributed by atoms with Crippen molar-refractivity contribution in [2.75, 3.05) is 4.90 Å². The molecule has 1 aliphatic heterocycles. The van der Waals surface area contributed by atoms with Crippen molar-refractivity contribution in [1.82, 2.24) is 5.32 Å². The number of barbiturate groups is 1. The number of nitrogens with zero attached hydrogens (tertiary/aromatic N) is 1. The maximum atomic E-state index is 13.1. The number of benzene rings is 3. The molecule has 4 rings (SSSR count). The lowest BCUT2D eigenvalue weighted by Crippen LogP contribution is -2.54.